The van der Waals surface area contributed by atoms with E-state index in [9.17, 15) is 9.59 Å². The molecule has 0 radical (unpaired) electrons. The Labute approximate surface area is 338 Å². The molecule has 17 heteroatoms. The van der Waals surface area contributed by atoms with Crippen LogP contribution < -0.4 is 20.9 Å². The minimum Gasteiger partial charge on any atom is -0.487 e. The highest BCUT2D eigenvalue weighted by Gasteiger charge is 1.98. The van der Waals surface area contributed by atoms with Crippen molar-refractivity contribution in [3.8, 4) is 10.1 Å². The summed E-state index contributed by atoms with van der Waals surface area (Å²) in [5.41, 5.74) is 10.6. The van der Waals surface area contributed by atoms with Gasteiger partial charge < -0.3 is 49.4 Å². The summed E-state index contributed by atoms with van der Waals surface area (Å²) in [6, 6.07) is 11.1. The third kappa shape index (κ3) is 29.9. The van der Waals surface area contributed by atoms with E-state index in [2.05, 4.69) is 9.98 Å². The number of aldehydes is 2. The third-order valence-corrected chi connectivity index (χ3v) is 9.45. The van der Waals surface area contributed by atoms with E-state index in [4.69, 9.17) is 49.4 Å². The summed E-state index contributed by atoms with van der Waals surface area (Å²) < 4.78 is 42.3. The molecule has 0 atom stereocenters. The van der Waals surface area contributed by atoms with E-state index in [1.165, 1.54) is 22.7 Å². The predicted molar refractivity (Wildman–Crippen MR) is 223 cm³/mol. The van der Waals surface area contributed by atoms with E-state index in [0.29, 0.717) is 104 Å². The van der Waals surface area contributed by atoms with Crippen molar-refractivity contribution in [2.24, 2.45) is 21.5 Å². The van der Waals surface area contributed by atoms with Crippen molar-refractivity contribution >= 4 is 59.0 Å². The number of carbonyl (C=O) groups excluding carboxylic acids is 2. The minimum absolute atomic E-state index is 0.560. The van der Waals surface area contributed by atoms with E-state index in [1.807, 2.05) is 24.4 Å². The van der Waals surface area contributed by atoms with Gasteiger partial charge in [-0.15, -0.1) is 11.3 Å². The van der Waals surface area contributed by atoms with Crippen LogP contribution in [0.4, 0.5) is 0 Å². The Kier molecular flexibility index (Phi) is 34.6. The van der Waals surface area contributed by atoms with Gasteiger partial charge in [-0.25, -0.2) is 0 Å². The number of thiophene rings is 3. The lowest BCUT2D eigenvalue weighted by molar-refractivity contribution is 0.0143. The van der Waals surface area contributed by atoms with E-state index in [-0.39, 0.29) is 0 Å². The van der Waals surface area contributed by atoms with Gasteiger partial charge >= 0.3 is 0 Å². The maximum Gasteiger partial charge on any atom is 0.173 e. The predicted octanol–water partition coefficient (Wildman–Crippen LogP) is 5.30. The van der Waals surface area contributed by atoms with Crippen molar-refractivity contribution in [2.45, 2.75) is 25.7 Å². The molecule has 0 saturated carbocycles. The normalized spacial score (nSPS) is 11.0. The first-order valence-corrected chi connectivity index (χ1v) is 20.7. The van der Waals surface area contributed by atoms with Gasteiger partial charge in [-0.3, -0.25) is 19.6 Å². The van der Waals surface area contributed by atoms with Crippen molar-refractivity contribution < 1.29 is 47.5 Å². The summed E-state index contributed by atoms with van der Waals surface area (Å²) in [4.78, 5) is 32.9. The Hall–Kier alpha value is -2.94. The highest BCUT2D eigenvalue weighted by atomic mass is 32.1. The summed E-state index contributed by atoms with van der Waals surface area (Å²) in [5, 5.41) is 1.67. The van der Waals surface area contributed by atoms with E-state index in [0.717, 1.165) is 69.6 Å². The Bertz CT molecular complexity index is 1360. The largest absolute Gasteiger partial charge is 0.487 e. The monoisotopic (exact) mass is 828 g/mol. The zero-order valence-electron chi connectivity index (χ0n) is 32.3. The summed E-state index contributed by atoms with van der Waals surface area (Å²) in [6.07, 6.45) is 8.89. The number of methoxy groups -OCH3 is 2. The number of nitrogens with zero attached hydrogens (tertiary/aromatic N) is 2. The molecule has 310 valence electrons. The van der Waals surface area contributed by atoms with Gasteiger partial charge in [0.1, 0.15) is 0 Å². The fourth-order valence-electron chi connectivity index (χ4n) is 3.80. The van der Waals surface area contributed by atoms with Crippen LogP contribution in [-0.4, -0.2) is 145 Å². The fraction of sp³-hybridized carbons (Fsp3) is 0.579. The van der Waals surface area contributed by atoms with Crippen molar-refractivity contribution in [2.75, 3.05) is 120 Å². The molecule has 0 fully saturated rings. The quantitative estimate of drug-likeness (QED) is 0.0471. The number of hydrogen-bond donors (Lipinski definition) is 2. The molecule has 0 amide bonds. The molecule has 0 aliphatic heterocycles. The van der Waals surface area contributed by atoms with Crippen molar-refractivity contribution in [3.63, 3.8) is 0 Å². The molecule has 0 bridgehead atoms. The number of ether oxygens (including phenoxy) is 8. The molecule has 3 aromatic heterocycles. The van der Waals surface area contributed by atoms with Gasteiger partial charge in [-0.05, 0) is 75.2 Å². The SMILES string of the molecule is COc1ccc(C=NCCCOCCOCCOCCCN=Cc2ccc(C=O)s2)s1.COc1ccc(C=O)s1.NCCCOCCOCCOCCCN. The molecular weight excluding hydrogens is 769 g/mol. The third-order valence-electron chi connectivity index (χ3n) is 6.55. The average Bonchev–Trinajstić information content (AvgIpc) is 4.00. The first-order chi connectivity index (χ1) is 27.1. The number of aliphatic imine (C=N–C) groups is 2. The summed E-state index contributed by atoms with van der Waals surface area (Å²) in [7, 11) is 3.25. The second kappa shape index (κ2) is 38.0. The molecule has 0 saturated heterocycles. The molecular formula is C38H60N4O10S3. The smallest absolute Gasteiger partial charge is 0.173 e. The number of rotatable bonds is 32. The van der Waals surface area contributed by atoms with Crippen LogP contribution in [0.1, 0.15) is 54.8 Å². The van der Waals surface area contributed by atoms with Crippen LogP contribution in [0.15, 0.2) is 46.4 Å². The van der Waals surface area contributed by atoms with Gasteiger partial charge in [0.25, 0.3) is 0 Å². The fourth-order valence-corrected chi connectivity index (χ4v) is 5.87. The van der Waals surface area contributed by atoms with Gasteiger partial charge in [0.2, 0.25) is 0 Å². The molecule has 3 aromatic rings. The Balaban J connectivity index is 0.000000517. The van der Waals surface area contributed by atoms with Crippen LogP contribution in [0.2, 0.25) is 0 Å². The van der Waals surface area contributed by atoms with Crippen LogP contribution in [-0.2, 0) is 28.4 Å². The van der Waals surface area contributed by atoms with Crippen LogP contribution in [0.25, 0.3) is 0 Å². The van der Waals surface area contributed by atoms with Crippen molar-refractivity contribution in [1.29, 1.82) is 0 Å². The summed E-state index contributed by atoms with van der Waals surface area (Å²) >= 11 is 4.35. The molecule has 0 unspecified atom stereocenters. The molecule has 0 spiro atoms. The van der Waals surface area contributed by atoms with E-state index in [1.54, 1.807) is 50.0 Å². The molecule has 0 aliphatic carbocycles. The zero-order chi connectivity index (χ0) is 39.9. The second-order valence-electron chi connectivity index (χ2n) is 10.9. The molecule has 4 N–H and O–H groups in total. The minimum atomic E-state index is 0.560. The zero-order valence-corrected chi connectivity index (χ0v) is 34.7. The Morgan fingerprint density at radius 2 is 0.800 bits per heavy atom. The van der Waals surface area contributed by atoms with Gasteiger partial charge in [-0.1, -0.05) is 22.7 Å². The molecule has 0 aromatic carbocycles. The van der Waals surface area contributed by atoms with E-state index >= 15 is 0 Å². The maximum atomic E-state index is 10.6. The Morgan fingerprint density at radius 1 is 0.473 bits per heavy atom. The van der Waals surface area contributed by atoms with Crippen molar-refractivity contribution in [1.82, 2.24) is 0 Å². The molecule has 3 heterocycles. The molecule has 55 heavy (non-hydrogen) atoms. The molecule has 0 aliphatic rings. The van der Waals surface area contributed by atoms with Gasteiger partial charge in [0, 0.05) is 61.7 Å². The van der Waals surface area contributed by atoms with Gasteiger partial charge in [0.15, 0.2) is 22.7 Å². The van der Waals surface area contributed by atoms with Crippen LogP contribution in [0.5, 0.6) is 10.1 Å². The van der Waals surface area contributed by atoms with Crippen molar-refractivity contribution in [3.05, 3.63) is 55.9 Å². The first-order valence-electron chi connectivity index (χ1n) is 18.2. The van der Waals surface area contributed by atoms with Gasteiger partial charge in [-0.2, -0.15) is 0 Å². The highest BCUT2D eigenvalue weighted by molar-refractivity contribution is 7.16. The van der Waals surface area contributed by atoms with Crippen LogP contribution in [0.3, 0.4) is 0 Å². The molecule has 14 nitrogen and oxygen atoms in total. The first kappa shape index (κ1) is 50.1. The molecule has 3 rings (SSSR count). The highest BCUT2D eigenvalue weighted by Crippen LogP contribution is 2.22. The second-order valence-corrected chi connectivity index (χ2v) is 14.2. The standard InChI is InChI=1S/C22H30N2O5S2.C10H24N2O3.C6H6O2S/c1-26-22-7-6-20(31-22)17-24-9-3-11-28-13-15-29-14-12-27-10-2-8-23-16-19-4-5-21(18-25)30-19;11-3-1-5-13-7-9-15-10-8-14-6-2-4-12;1-8-6-3-2-5(4-7)9-6/h4-7,16-18H,2-3,8-15H2,1H3;1-12H2;2-4H,1H3. The van der Waals surface area contributed by atoms with E-state index < -0.39 is 0 Å². The lowest BCUT2D eigenvalue weighted by Crippen LogP contribution is -2.12. The number of carbonyl (C=O) groups is 2. The Morgan fingerprint density at radius 3 is 1.16 bits per heavy atom. The van der Waals surface area contributed by atoms with Crippen LogP contribution in [0, 0.1) is 0 Å². The lowest BCUT2D eigenvalue weighted by Gasteiger charge is -2.06. The van der Waals surface area contributed by atoms with Crippen LogP contribution >= 0.6 is 34.0 Å². The average molecular weight is 829 g/mol. The van der Waals surface area contributed by atoms with Gasteiger partial charge in [0.05, 0.1) is 76.8 Å². The topological polar surface area (TPSA) is 185 Å². The number of nitrogens with two attached hydrogens (primary N) is 2. The summed E-state index contributed by atoms with van der Waals surface area (Å²) in [6.45, 7) is 10.3. The summed E-state index contributed by atoms with van der Waals surface area (Å²) in [5.74, 6) is 0. The lowest BCUT2D eigenvalue weighted by atomic mass is 10.4. The maximum absolute atomic E-state index is 10.6. The number of hydrogen-bond acceptors (Lipinski definition) is 17.